The van der Waals surface area contributed by atoms with Gasteiger partial charge in [-0.05, 0) is 69.4 Å². The Balaban J connectivity index is 1.45. The fraction of sp³-hybridized carbons (Fsp3) is 0.333. The van der Waals surface area contributed by atoms with Crippen LogP contribution in [0, 0.1) is 0 Å². The van der Waals surface area contributed by atoms with Crippen LogP contribution < -0.4 is 0 Å². The molecule has 0 unspecified atom stereocenters. The summed E-state index contributed by atoms with van der Waals surface area (Å²) < 4.78 is 0. The lowest BCUT2D eigenvalue weighted by Crippen LogP contribution is -2.47. The minimum atomic E-state index is -0.309. The number of benzene rings is 5. The third-order valence-electron chi connectivity index (χ3n) is 9.52. The Bertz CT molecular complexity index is 1840. The molecule has 0 N–H and O–H groups in total. The average molecular weight is 559 g/mol. The number of carbonyl (C=O) groups excluding carboxylic acids is 4. The van der Waals surface area contributed by atoms with E-state index in [1.54, 1.807) is 17.0 Å². The second-order valence-electron chi connectivity index (χ2n) is 11.9. The van der Waals surface area contributed by atoms with Crippen LogP contribution in [0.4, 0.5) is 0 Å². The van der Waals surface area contributed by atoms with Crippen molar-refractivity contribution in [2.24, 2.45) is 0 Å². The van der Waals surface area contributed by atoms with E-state index in [1.807, 2.05) is 36.4 Å². The number of nitrogens with zero attached hydrogens (tertiary/aromatic N) is 2. The zero-order chi connectivity index (χ0) is 29.3. The van der Waals surface area contributed by atoms with Gasteiger partial charge in [-0.1, -0.05) is 76.6 Å². The van der Waals surface area contributed by atoms with Gasteiger partial charge < -0.3 is 0 Å². The molecule has 0 saturated carbocycles. The highest BCUT2D eigenvalue weighted by Crippen LogP contribution is 2.46. The monoisotopic (exact) mass is 558 g/mol. The minimum Gasteiger partial charge on any atom is -0.277 e. The standard InChI is InChI=1S/C36H34N2O4/c1-4-6-8-10-20(11-9-7-5-2)38-35(41)27-18-14-23-21-12-16-25-31-26(34(40)37(3)33(25)39)17-13-22(29(21)31)24-15-19-28(36(38)42)32(27)30(23)24/h12-20H,4-11H2,1-3H3. The van der Waals surface area contributed by atoms with E-state index in [-0.39, 0.29) is 29.7 Å². The summed E-state index contributed by atoms with van der Waals surface area (Å²) >= 11 is 0. The molecule has 42 heavy (non-hydrogen) atoms. The van der Waals surface area contributed by atoms with Crippen LogP contribution in [0.15, 0.2) is 48.5 Å². The first-order chi connectivity index (χ1) is 20.4. The summed E-state index contributed by atoms with van der Waals surface area (Å²) in [7, 11) is 1.51. The summed E-state index contributed by atoms with van der Waals surface area (Å²) in [5, 5.41) is 6.80. The molecule has 0 fully saturated rings. The first-order valence-corrected chi connectivity index (χ1v) is 15.3. The Kier molecular flexibility index (Phi) is 6.26. The molecule has 4 amide bonds. The van der Waals surface area contributed by atoms with Crippen LogP contribution in [-0.4, -0.2) is 46.5 Å². The summed E-state index contributed by atoms with van der Waals surface area (Å²) in [6, 6.07) is 15.1. The van der Waals surface area contributed by atoms with E-state index in [1.165, 1.54) is 11.9 Å². The molecule has 2 aliphatic rings. The fourth-order valence-electron chi connectivity index (χ4n) is 7.40. The van der Waals surface area contributed by atoms with Gasteiger partial charge in [0, 0.05) is 46.1 Å². The van der Waals surface area contributed by atoms with Gasteiger partial charge in [-0.2, -0.15) is 0 Å². The SMILES string of the molecule is CCCCCC(CCCCC)N1C(=O)c2ccc3c4ccc5c6c(ccc(c7ccc(c2c37)C1=O)c64)C(=O)N(C)C5=O. The van der Waals surface area contributed by atoms with Crippen LogP contribution in [0.3, 0.4) is 0 Å². The molecule has 2 heterocycles. The third kappa shape index (κ3) is 3.57. The lowest BCUT2D eigenvalue weighted by molar-refractivity contribution is 0.0515. The van der Waals surface area contributed by atoms with Crippen molar-refractivity contribution in [3.8, 4) is 0 Å². The van der Waals surface area contributed by atoms with E-state index in [2.05, 4.69) is 13.8 Å². The van der Waals surface area contributed by atoms with Gasteiger partial charge in [-0.3, -0.25) is 29.0 Å². The summed E-state index contributed by atoms with van der Waals surface area (Å²) in [6.45, 7) is 4.33. The number of imide groups is 2. The molecule has 0 radical (unpaired) electrons. The molecule has 5 aromatic carbocycles. The van der Waals surface area contributed by atoms with Crippen LogP contribution in [0.1, 0.15) is 107 Å². The van der Waals surface area contributed by atoms with Crippen LogP contribution in [0.25, 0.3) is 43.1 Å². The number of amides is 4. The zero-order valence-electron chi connectivity index (χ0n) is 24.4. The van der Waals surface area contributed by atoms with Crippen molar-refractivity contribution >= 4 is 66.7 Å². The smallest absolute Gasteiger partial charge is 0.261 e. The molecule has 5 aromatic rings. The highest BCUT2D eigenvalue weighted by molar-refractivity contribution is 6.41. The molecule has 7 rings (SSSR count). The van der Waals surface area contributed by atoms with Crippen molar-refractivity contribution < 1.29 is 19.2 Å². The number of hydrogen-bond acceptors (Lipinski definition) is 4. The Morgan fingerprint density at radius 2 is 0.857 bits per heavy atom. The Morgan fingerprint density at radius 1 is 0.500 bits per heavy atom. The second-order valence-corrected chi connectivity index (χ2v) is 11.9. The lowest BCUT2D eigenvalue weighted by atomic mass is 9.82. The van der Waals surface area contributed by atoms with E-state index in [0.29, 0.717) is 33.0 Å². The predicted molar refractivity (Wildman–Crippen MR) is 167 cm³/mol. The maximum Gasteiger partial charge on any atom is 0.261 e. The summed E-state index contributed by atoms with van der Waals surface area (Å²) in [4.78, 5) is 57.2. The molecule has 2 aliphatic heterocycles. The first kappa shape index (κ1) is 26.6. The van der Waals surface area contributed by atoms with Gasteiger partial charge in [-0.15, -0.1) is 0 Å². The average Bonchev–Trinajstić information content (AvgIpc) is 3.00. The maximum absolute atomic E-state index is 14.1. The van der Waals surface area contributed by atoms with Crippen LogP contribution >= 0.6 is 0 Å². The van der Waals surface area contributed by atoms with E-state index in [9.17, 15) is 19.2 Å². The molecule has 212 valence electrons. The van der Waals surface area contributed by atoms with Gasteiger partial charge in [0.1, 0.15) is 0 Å². The van der Waals surface area contributed by atoms with Gasteiger partial charge in [0.2, 0.25) is 0 Å². The Hall–Kier alpha value is -4.32. The number of unbranched alkanes of at least 4 members (excludes halogenated alkanes) is 4. The Morgan fingerprint density at radius 3 is 1.21 bits per heavy atom. The minimum absolute atomic E-state index is 0.108. The van der Waals surface area contributed by atoms with Crippen molar-refractivity contribution in [1.29, 1.82) is 0 Å². The van der Waals surface area contributed by atoms with Crippen molar-refractivity contribution in [1.82, 2.24) is 9.80 Å². The van der Waals surface area contributed by atoms with Crippen LogP contribution in [0.5, 0.6) is 0 Å². The van der Waals surface area contributed by atoms with Crippen LogP contribution in [-0.2, 0) is 0 Å². The third-order valence-corrected chi connectivity index (χ3v) is 9.52. The van der Waals surface area contributed by atoms with Crippen molar-refractivity contribution in [2.75, 3.05) is 7.05 Å². The highest BCUT2D eigenvalue weighted by Gasteiger charge is 2.38. The molecule has 0 spiro atoms. The first-order valence-electron chi connectivity index (χ1n) is 15.3. The highest BCUT2D eigenvalue weighted by atomic mass is 16.2. The summed E-state index contributed by atoms with van der Waals surface area (Å²) in [6.07, 6.45) is 8.00. The molecule has 0 bridgehead atoms. The van der Waals surface area contributed by atoms with Crippen molar-refractivity contribution in [3.05, 3.63) is 70.8 Å². The Labute approximate surface area is 244 Å². The number of fused-ring (bicyclic) bond motifs is 2. The van der Waals surface area contributed by atoms with Gasteiger partial charge in [0.25, 0.3) is 23.6 Å². The molecule has 6 heteroatoms. The molecule has 6 nitrogen and oxygen atoms in total. The van der Waals surface area contributed by atoms with E-state index in [4.69, 9.17) is 0 Å². The van der Waals surface area contributed by atoms with Crippen LogP contribution in [0.2, 0.25) is 0 Å². The molecule has 0 aliphatic carbocycles. The molecule has 0 aromatic heterocycles. The topological polar surface area (TPSA) is 74.8 Å². The number of carbonyl (C=O) groups is 4. The van der Waals surface area contributed by atoms with E-state index < -0.39 is 0 Å². The zero-order valence-corrected chi connectivity index (χ0v) is 24.4. The van der Waals surface area contributed by atoms with E-state index in [0.717, 1.165) is 83.7 Å². The summed E-state index contributed by atoms with van der Waals surface area (Å²) in [5.74, 6) is -1.03. The maximum atomic E-state index is 14.1. The number of hydrogen-bond donors (Lipinski definition) is 0. The lowest BCUT2D eigenvalue weighted by Gasteiger charge is -2.35. The molecular weight excluding hydrogens is 524 g/mol. The fourth-order valence-corrected chi connectivity index (χ4v) is 7.40. The van der Waals surface area contributed by atoms with Crippen molar-refractivity contribution in [3.63, 3.8) is 0 Å². The second kappa shape index (κ2) is 9.90. The van der Waals surface area contributed by atoms with Gasteiger partial charge in [0.15, 0.2) is 0 Å². The molecule has 0 saturated heterocycles. The van der Waals surface area contributed by atoms with E-state index >= 15 is 0 Å². The quantitative estimate of drug-likeness (QED) is 0.0793. The summed E-state index contributed by atoms with van der Waals surface area (Å²) in [5.41, 5.74) is 2.17. The predicted octanol–water partition coefficient (Wildman–Crippen LogP) is 8.09. The van der Waals surface area contributed by atoms with Gasteiger partial charge in [-0.25, -0.2) is 0 Å². The van der Waals surface area contributed by atoms with Gasteiger partial charge >= 0.3 is 0 Å². The normalized spacial score (nSPS) is 15.1. The molecule has 0 atom stereocenters. The largest absolute Gasteiger partial charge is 0.277 e. The number of rotatable bonds is 9. The molecular formula is C36H34N2O4. The van der Waals surface area contributed by atoms with Crippen molar-refractivity contribution in [2.45, 2.75) is 71.3 Å². The van der Waals surface area contributed by atoms with Gasteiger partial charge in [0.05, 0.1) is 0 Å².